The van der Waals surface area contributed by atoms with Gasteiger partial charge in [0.15, 0.2) is 0 Å². The molecular weight excluding hydrogens is 266 g/mol. The van der Waals surface area contributed by atoms with Crippen LogP contribution in [0.4, 0.5) is 0 Å². The fourth-order valence-corrected chi connectivity index (χ4v) is 2.04. The topological polar surface area (TPSA) is 49.0 Å². The zero-order chi connectivity index (χ0) is 14.7. The van der Waals surface area contributed by atoms with Gasteiger partial charge < -0.3 is 9.30 Å². The third-order valence-corrected chi connectivity index (χ3v) is 3.13. The SMILES string of the molecule is Cn1ccc(COC(=O)c2ccc(-n3cccc3)cc2)n1. The molecule has 1 aromatic carbocycles. The van der Waals surface area contributed by atoms with Gasteiger partial charge in [-0.1, -0.05) is 0 Å². The van der Waals surface area contributed by atoms with E-state index >= 15 is 0 Å². The molecule has 2 heterocycles. The molecule has 0 spiro atoms. The molecule has 0 aliphatic carbocycles. The smallest absolute Gasteiger partial charge is 0.338 e. The molecule has 3 aromatic rings. The number of nitrogens with zero attached hydrogens (tertiary/aromatic N) is 3. The van der Waals surface area contributed by atoms with Crippen molar-refractivity contribution in [3.8, 4) is 5.69 Å². The molecule has 0 aliphatic rings. The van der Waals surface area contributed by atoms with Crippen molar-refractivity contribution >= 4 is 5.97 Å². The van der Waals surface area contributed by atoms with Crippen LogP contribution in [0.2, 0.25) is 0 Å². The van der Waals surface area contributed by atoms with Gasteiger partial charge in [0.25, 0.3) is 0 Å². The second kappa shape index (κ2) is 5.66. The van der Waals surface area contributed by atoms with Crippen LogP contribution in [0, 0.1) is 0 Å². The first-order valence-corrected chi connectivity index (χ1v) is 6.61. The average molecular weight is 281 g/mol. The summed E-state index contributed by atoms with van der Waals surface area (Å²) < 4.78 is 8.89. The highest BCUT2D eigenvalue weighted by molar-refractivity contribution is 5.89. The molecule has 0 atom stereocenters. The quantitative estimate of drug-likeness (QED) is 0.691. The minimum Gasteiger partial charge on any atom is -0.456 e. The van der Waals surface area contributed by atoms with Crippen LogP contribution < -0.4 is 0 Å². The van der Waals surface area contributed by atoms with Gasteiger partial charge in [-0.25, -0.2) is 4.79 Å². The number of hydrogen-bond acceptors (Lipinski definition) is 3. The first-order valence-electron chi connectivity index (χ1n) is 6.61. The molecule has 5 nitrogen and oxygen atoms in total. The molecule has 0 bridgehead atoms. The summed E-state index contributed by atoms with van der Waals surface area (Å²) in [6.07, 6.45) is 5.72. The highest BCUT2D eigenvalue weighted by Crippen LogP contribution is 2.11. The molecular formula is C16H15N3O2. The lowest BCUT2D eigenvalue weighted by atomic mass is 10.2. The lowest BCUT2D eigenvalue weighted by Gasteiger charge is -2.05. The van der Waals surface area contributed by atoms with E-state index in [1.54, 1.807) is 16.8 Å². The van der Waals surface area contributed by atoms with Crippen molar-refractivity contribution < 1.29 is 9.53 Å². The molecule has 0 N–H and O–H groups in total. The van der Waals surface area contributed by atoms with Crippen LogP contribution in [0.5, 0.6) is 0 Å². The number of aromatic nitrogens is 3. The molecule has 0 saturated heterocycles. The van der Waals surface area contributed by atoms with Crippen molar-refractivity contribution in [3.63, 3.8) is 0 Å². The highest BCUT2D eigenvalue weighted by Gasteiger charge is 2.08. The molecule has 0 aliphatic heterocycles. The zero-order valence-corrected chi connectivity index (χ0v) is 11.6. The number of hydrogen-bond donors (Lipinski definition) is 0. The van der Waals surface area contributed by atoms with Crippen molar-refractivity contribution in [2.45, 2.75) is 6.61 Å². The van der Waals surface area contributed by atoms with Crippen molar-refractivity contribution in [3.05, 3.63) is 72.3 Å². The monoisotopic (exact) mass is 281 g/mol. The largest absolute Gasteiger partial charge is 0.456 e. The third kappa shape index (κ3) is 3.02. The maximum absolute atomic E-state index is 12.0. The third-order valence-electron chi connectivity index (χ3n) is 3.13. The minimum atomic E-state index is -0.347. The van der Waals surface area contributed by atoms with E-state index in [9.17, 15) is 4.79 Å². The predicted molar refractivity (Wildman–Crippen MR) is 78.1 cm³/mol. The fraction of sp³-hybridized carbons (Fsp3) is 0.125. The maximum Gasteiger partial charge on any atom is 0.338 e. The van der Waals surface area contributed by atoms with Gasteiger partial charge >= 0.3 is 5.97 Å². The number of benzene rings is 1. The summed E-state index contributed by atoms with van der Waals surface area (Å²) in [5.74, 6) is -0.347. The van der Waals surface area contributed by atoms with E-state index in [-0.39, 0.29) is 12.6 Å². The van der Waals surface area contributed by atoms with Crippen molar-refractivity contribution in [2.24, 2.45) is 7.05 Å². The summed E-state index contributed by atoms with van der Waals surface area (Å²) in [5, 5.41) is 4.16. The number of rotatable bonds is 4. The van der Waals surface area contributed by atoms with Crippen molar-refractivity contribution in [1.82, 2.24) is 14.3 Å². The minimum absolute atomic E-state index is 0.180. The van der Waals surface area contributed by atoms with Gasteiger partial charge in [-0.05, 0) is 42.5 Å². The van der Waals surface area contributed by atoms with Gasteiger partial charge in [0, 0.05) is 31.3 Å². The Bertz CT molecular complexity index is 727. The van der Waals surface area contributed by atoms with Gasteiger partial charge in [-0.15, -0.1) is 0 Å². The number of esters is 1. The van der Waals surface area contributed by atoms with Gasteiger partial charge in [-0.2, -0.15) is 5.10 Å². The van der Waals surface area contributed by atoms with E-state index in [1.807, 2.05) is 60.5 Å². The fourth-order valence-electron chi connectivity index (χ4n) is 2.04. The molecule has 0 unspecified atom stereocenters. The predicted octanol–water partition coefficient (Wildman–Crippen LogP) is 2.57. The van der Waals surface area contributed by atoms with Crippen LogP contribution in [-0.4, -0.2) is 20.3 Å². The Morgan fingerprint density at radius 2 is 1.81 bits per heavy atom. The molecule has 0 saturated carbocycles. The summed E-state index contributed by atoms with van der Waals surface area (Å²) >= 11 is 0. The molecule has 3 rings (SSSR count). The van der Waals surface area contributed by atoms with E-state index < -0.39 is 0 Å². The summed E-state index contributed by atoms with van der Waals surface area (Å²) in [4.78, 5) is 12.0. The highest BCUT2D eigenvalue weighted by atomic mass is 16.5. The molecule has 0 radical (unpaired) electrons. The number of carbonyl (C=O) groups excluding carboxylic acids is 1. The normalized spacial score (nSPS) is 10.5. The van der Waals surface area contributed by atoms with E-state index in [0.717, 1.165) is 11.4 Å². The molecule has 5 heteroatoms. The van der Waals surface area contributed by atoms with Crippen LogP contribution in [-0.2, 0) is 18.4 Å². The average Bonchev–Trinajstić information content (AvgIpc) is 3.16. The molecule has 106 valence electrons. The van der Waals surface area contributed by atoms with Crippen LogP contribution in [0.3, 0.4) is 0 Å². The standard InChI is InChI=1S/C16H15N3O2/c1-18-11-8-14(17-18)12-21-16(20)13-4-6-15(7-5-13)19-9-2-3-10-19/h2-11H,12H2,1H3. The van der Waals surface area contributed by atoms with E-state index in [4.69, 9.17) is 4.74 Å². The van der Waals surface area contributed by atoms with E-state index in [2.05, 4.69) is 5.10 Å². The second-order valence-electron chi connectivity index (χ2n) is 4.69. The first-order chi connectivity index (χ1) is 10.2. The summed E-state index contributed by atoms with van der Waals surface area (Å²) in [5.41, 5.74) is 2.26. The number of ether oxygens (including phenoxy) is 1. The Balaban J connectivity index is 1.65. The van der Waals surface area contributed by atoms with Gasteiger partial charge in [0.05, 0.1) is 11.3 Å². The van der Waals surface area contributed by atoms with E-state index in [0.29, 0.717) is 5.56 Å². The van der Waals surface area contributed by atoms with Gasteiger partial charge in [-0.3, -0.25) is 4.68 Å². The van der Waals surface area contributed by atoms with Gasteiger partial charge in [0.1, 0.15) is 6.61 Å². The second-order valence-corrected chi connectivity index (χ2v) is 4.69. The Hall–Kier alpha value is -2.82. The van der Waals surface area contributed by atoms with E-state index in [1.165, 1.54) is 0 Å². The Morgan fingerprint density at radius 3 is 2.43 bits per heavy atom. The Kier molecular flexibility index (Phi) is 3.55. The van der Waals surface area contributed by atoms with Crippen LogP contribution in [0.15, 0.2) is 61.1 Å². The van der Waals surface area contributed by atoms with Crippen LogP contribution in [0.1, 0.15) is 16.1 Å². The molecule has 0 fully saturated rings. The maximum atomic E-state index is 12.0. The zero-order valence-electron chi connectivity index (χ0n) is 11.6. The lowest BCUT2D eigenvalue weighted by Crippen LogP contribution is -2.06. The first kappa shape index (κ1) is 13.2. The van der Waals surface area contributed by atoms with Crippen molar-refractivity contribution in [1.29, 1.82) is 0 Å². The van der Waals surface area contributed by atoms with Crippen LogP contribution >= 0.6 is 0 Å². The summed E-state index contributed by atoms with van der Waals surface area (Å²) in [6.45, 7) is 0.180. The molecule has 0 amide bonds. The number of carbonyl (C=O) groups is 1. The summed E-state index contributed by atoms with van der Waals surface area (Å²) in [7, 11) is 1.82. The molecule has 21 heavy (non-hydrogen) atoms. The van der Waals surface area contributed by atoms with Gasteiger partial charge in [0.2, 0.25) is 0 Å². The number of aryl methyl sites for hydroxylation is 1. The lowest BCUT2D eigenvalue weighted by molar-refractivity contribution is 0.0467. The molecule has 2 aromatic heterocycles. The van der Waals surface area contributed by atoms with Crippen molar-refractivity contribution in [2.75, 3.05) is 0 Å². The van der Waals surface area contributed by atoms with Crippen LogP contribution in [0.25, 0.3) is 5.69 Å². The Labute approximate surface area is 122 Å². The summed E-state index contributed by atoms with van der Waals surface area (Å²) in [6, 6.07) is 13.0. The Morgan fingerprint density at radius 1 is 1.10 bits per heavy atom.